The van der Waals surface area contributed by atoms with Gasteiger partial charge in [0.25, 0.3) is 0 Å². The number of hydrogen-bond acceptors (Lipinski definition) is 1. The Bertz CT molecular complexity index is 496. The Hall–Kier alpha value is -0.330. The molecule has 0 aliphatic heterocycles. The van der Waals surface area contributed by atoms with Crippen LogP contribution in [0.3, 0.4) is 0 Å². The highest BCUT2D eigenvalue weighted by atomic mass is 16.1. The van der Waals surface area contributed by atoms with Gasteiger partial charge in [-0.15, -0.1) is 0 Å². The topological polar surface area (TPSA) is 17.1 Å². The van der Waals surface area contributed by atoms with E-state index in [1.165, 1.54) is 57.8 Å². The van der Waals surface area contributed by atoms with Gasteiger partial charge in [0.05, 0.1) is 0 Å². The number of fused-ring (bicyclic) bond motifs is 5. The number of rotatable bonds is 1. The van der Waals surface area contributed by atoms with Crippen LogP contribution >= 0.6 is 0 Å². The van der Waals surface area contributed by atoms with Crippen molar-refractivity contribution in [3.63, 3.8) is 0 Å². The first kappa shape index (κ1) is 16.2. The molecule has 130 valence electrons. The Morgan fingerprint density at radius 2 is 1.70 bits per heavy atom. The average Bonchev–Trinajstić information content (AvgIpc) is 2.77. The first-order valence-corrected chi connectivity index (χ1v) is 10.4. The molecule has 8 unspecified atom stereocenters. The SMILES string of the molecule is CC(=O)C1C(C)CC2C3CCC4CCCCC4(C)C3CCC21C. The van der Waals surface area contributed by atoms with E-state index in [1.54, 1.807) is 0 Å². The largest absolute Gasteiger partial charge is 0.300 e. The lowest BCUT2D eigenvalue weighted by atomic mass is 9.45. The summed E-state index contributed by atoms with van der Waals surface area (Å²) in [7, 11) is 0. The van der Waals surface area contributed by atoms with Gasteiger partial charge < -0.3 is 0 Å². The maximum Gasteiger partial charge on any atom is 0.133 e. The second-order valence-corrected chi connectivity index (χ2v) is 10.2. The van der Waals surface area contributed by atoms with Crippen LogP contribution in [-0.2, 0) is 4.79 Å². The van der Waals surface area contributed by atoms with Crippen LogP contribution in [0.4, 0.5) is 0 Å². The molecule has 0 bridgehead atoms. The molecule has 1 nitrogen and oxygen atoms in total. The summed E-state index contributed by atoms with van der Waals surface area (Å²) >= 11 is 0. The van der Waals surface area contributed by atoms with Gasteiger partial charge in [0, 0.05) is 5.92 Å². The van der Waals surface area contributed by atoms with Crippen LogP contribution in [-0.4, -0.2) is 5.78 Å². The predicted octanol–water partition coefficient (Wildman–Crippen LogP) is 5.87. The van der Waals surface area contributed by atoms with Crippen molar-refractivity contribution in [2.45, 2.75) is 85.5 Å². The van der Waals surface area contributed by atoms with Gasteiger partial charge in [0.1, 0.15) is 5.78 Å². The highest BCUT2D eigenvalue weighted by Crippen LogP contribution is 2.68. The van der Waals surface area contributed by atoms with E-state index in [0.29, 0.717) is 28.4 Å². The van der Waals surface area contributed by atoms with E-state index in [0.717, 1.165) is 23.7 Å². The van der Waals surface area contributed by atoms with Crippen molar-refractivity contribution in [2.24, 2.45) is 46.3 Å². The molecule has 0 amide bonds. The van der Waals surface area contributed by atoms with Crippen LogP contribution in [0, 0.1) is 46.3 Å². The Labute approximate surface area is 143 Å². The first-order chi connectivity index (χ1) is 10.9. The third-order valence-electron chi connectivity index (χ3n) is 9.36. The molecule has 0 spiro atoms. The van der Waals surface area contributed by atoms with Gasteiger partial charge >= 0.3 is 0 Å². The number of Topliss-reactive ketones (excluding diaryl/α,β-unsaturated/α-hetero) is 1. The zero-order valence-corrected chi connectivity index (χ0v) is 15.7. The minimum Gasteiger partial charge on any atom is -0.300 e. The Morgan fingerprint density at radius 3 is 2.43 bits per heavy atom. The highest BCUT2D eigenvalue weighted by molar-refractivity contribution is 5.80. The average molecular weight is 317 g/mol. The third kappa shape index (κ3) is 2.13. The van der Waals surface area contributed by atoms with E-state index < -0.39 is 0 Å². The van der Waals surface area contributed by atoms with Crippen molar-refractivity contribution in [3.05, 3.63) is 0 Å². The molecule has 0 aromatic carbocycles. The molecule has 0 saturated heterocycles. The quantitative estimate of drug-likeness (QED) is 0.591. The van der Waals surface area contributed by atoms with Gasteiger partial charge in [-0.05, 0) is 92.3 Å². The highest BCUT2D eigenvalue weighted by Gasteiger charge is 2.61. The van der Waals surface area contributed by atoms with E-state index in [4.69, 9.17) is 0 Å². The molecule has 1 heteroatoms. The third-order valence-corrected chi connectivity index (χ3v) is 9.36. The molecule has 23 heavy (non-hydrogen) atoms. The summed E-state index contributed by atoms with van der Waals surface area (Å²) in [6.07, 6.45) is 12.9. The zero-order valence-electron chi connectivity index (χ0n) is 15.7. The fourth-order valence-corrected chi connectivity index (χ4v) is 8.52. The molecule has 4 rings (SSSR count). The van der Waals surface area contributed by atoms with Crippen LogP contribution in [0.25, 0.3) is 0 Å². The number of ketones is 1. The molecule has 0 aromatic heterocycles. The number of carbonyl (C=O) groups excluding carboxylic acids is 1. The van der Waals surface area contributed by atoms with Crippen LogP contribution in [0.1, 0.15) is 85.5 Å². The minimum absolute atomic E-state index is 0.310. The predicted molar refractivity (Wildman–Crippen MR) is 95.1 cm³/mol. The summed E-state index contributed by atoms with van der Waals surface area (Å²) in [6, 6.07) is 0. The molecule has 0 radical (unpaired) electrons. The fourth-order valence-electron chi connectivity index (χ4n) is 8.52. The lowest BCUT2D eigenvalue weighted by Crippen LogP contribution is -2.53. The second-order valence-electron chi connectivity index (χ2n) is 10.2. The van der Waals surface area contributed by atoms with Crippen molar-refractivity contribution in [3.8, 4) is 0 Å². The molecule has 4 aliphatic carbocycles. The van der Waals surface area contributed by atoms with Gasteiger partial charge in [-0.1, -0.05) is 33.6 Å². The van der Waals surface area contributed by atoms with Crippen LogP contribution < -0.4 is 0 Å². The molecular formula is C22H36O. The Morgan fingerprint density at radius 1 is 0.913 bits per heavy atom. The van der Waals surface area contributed by atoms with E-state index in [9.17, 15) is 4.79 Å². The molecule has 0 aromatic rings. The summed E-state index contributed by atoms with van der Waals surface area (Å²) in [5.74, 6) is 5.12. The minimum atomic E-state index is 0.310. The molecular weight excluding hydrogens is 280 g/mol. The van der Waals surface area contributed by atoms with Gasteiger partial charge in [-0.2, -0.15) is 0 Å². The van der Waals surface area contributed by atoms with Gasteiger partial charge in [0.15, 0.2) is 0 Å². The molecule has 8 atom stereocenters. The summed E-state index contributed by atoms with van der Waals surface area (Å²) in [6.45, 7) is 9.36. The lowest BCUT2D eigenvalue weighted by molar-refractivity contribution is -0.134. The zero-order chi connectivity index (χ0) is 16.4. The van der Waals surface area contributed by atoms with Gasteiger partial charge in [-0.25, -0.2) is 0 Å². The smallest absolute Gasteiger partial charge is 0.133 e. The molecule has 0 N–H and O–H groups in total. The standard InChI is InChI=1S/C22H36O/c1-14-13-19-17-9-8-16-7-5-6-11-21(16,3)18(17)10-12-22(19,4)20(14)15(2)23/h14,16-20H,5-13H2,1-4H3. The fraction of sp³-hybridized carbons (Fsp3) is 0.955. The maximum absolute atomic E-state index is 12.4. The van der Waals surface area contributed by atoms with E-state index >= 15 is 0 Å². The summed E-state index contributed by atoms with van der Waals surface area (Å²) < 4.78 is 0. The number of hydrogen-bond donors (Lipinski definition) is 0. The first-order valence-electron chi connectivity index (χ1n) is 10.4. The van der Waals surface area contributed by atoms with Gasteiger partial charge in [-0.3, -0.25) is 4.79 Å². The number of carbonyl (C=O) groups is 1. The van der Waals surface area contributed by atoms with Crippen LogP contribution in [0.15, 0.2) is 0 Å². The Balaban J connectivity index is 1.66. The second kappa shape index (κ2) is 5.33. The van der Waals surface area contributed by atoms with Crippen molar-refractivity contribution < 1.29 is 4.79 Å². The summed E-state index contributed by atoms with van der Waals surface area (Å²) in [5.41, 5.74) is 0.935. The normalized spacial score (nSPS) is 55.7. The molecule has 4 aliphatic rings. The van der Waals surface area contributed by atoms with Crippen LogP contribution in [0.5, 0.6) is 0 Å². The maximum atomic E-state index is 12.4. The van der Waals surface area contributed by atoms with Crippen molar-refractivity contribution in [1.82, 2.24) is 0 Å². The van der Waals surface area contributed by atoms with Crippen molar-refractivity contribution in [1.29, 1.82) is 0 Å². The summed E-state index contributed by atoms with van der Waals surface area (Å²) in [4.78, 5) is 12.4. The molecule has 0 heterocycles. The lowest BCUT2D eigenvalue weighted by Gasteiger charge is -2.60. The Kier molecular flexibility index (Phi) is 3.75. The van der Waals surface area contributed by atoms with Gasteiger partial charge in [0.2, 0.25) is 0 Å². The van der Waals surface area contributed by atoms with Crippen molar-refractivity contribution in [2.75, 3.05) is 0 Å². The monoisotopic (exact) mass is 316 g/mol. The molecule has 4 saturated carbocycles. The van der Waals surface area contributed by atoms with E-state index in [1.807, 2.05) is 6.92 Å². The van der Waals surface area contributed by atoms with Crippen molar-refractivity contribution >= 4 is 5.78 Å². The van der Waals surface area contributed by atoms with E-state index in [2.05, 4.69) is 20.8 Å². The summed E-state index contributed by atoms with van der Waals surface area (Å²) in [5, 5.41) is 0. The van der Waals surface area contributed by atoms with Crippen LogP contribution in [0.2, 0.25) is 0 Å². The van der Waals surface area contributed by atoms with E-state index in [-0.39, 0.29) is 0 Å². The molecule has 4 fully saturated rings.